The third-order valence-corrected chi connectivity index (χ3v) is 5.22. The highest BCUT2D eigenvalue weighted by molar-refractivity contribution is 6.33. The van der Waals surface area contributed by atoms with Gasteiger partial charge in [-0.1, -0.05) is 44.5 Å². The number of hydrogen-bond donors (Lipinski definition) is 1. The molecule has 0 radical (unpaired) electrons. The van der Waals surface area contributed by atoms with E-state index in [1.54, 1.807) is 0 Å². The molecule has 2 aromatic carbocycles. The SMILES string of the molecule is CC(C)(C)C(=O)Nc1ccc(N2CCN(Cc3ccc(F)cc3)CC2)c(Cl)c1. The fraction of sp³-hybridized carbons (Fsp3) is 0.409. The van der Waals surface area contributed by atoms with E-state index >= 15 is 0 Å². The lowest BCUT2D eigenvalue weighted by Crippen LogP contribution is -2.46. The molecule has 1 aliphatic heterocycles. The van der Waals surface area contributed by atoms with Crippen molar-refractivity contribution >= 4 is 28.9 Å². The van der Waals surface area contributed by atoms with Gasteiger partial charge in [-0.25, -0.2) is 4.39 Å². The summed E-state index contributed by atoms with van der Waals surface area (Å²) in [5.41, 5.74) is 2.36. The van der Waals surface area contributed by atoms with E-state index in [9.17, 15) is 9.18 Å². The Kier molecular flexibility index (Phi) is 6.26. The molecule has 150 valence electrons. The molecule has 4 nitrogen and oxygen atoms in total. The van der Waals surface area contributed by atoms with Gasteiger partial charge in [0.2, 0.25) is 5.91 Å². The van der Waals surface area contributed by atoms with Crippen molar-refractivity contribution < 1.29 is 9.18 Å². The highest BCUT2D eigenvalue weighted by Gasteiger charge is 2.22. The average molecular weight is 404 g/mol. The molecular formula is C22H27ClFN3O. The van der Waals surface area contributed by atoms with Gasteiger partial charge in [0.05, 0.1) is 10.7 Å². The van der Waals surface area contributed by atoms with Gasteiger partial charge in [0.1, 0.15) is 5.82 Å². The first kappa shape index (κ1) is 20.6. The van der Waals surface area contributed by atoms with Gasteiger partial charge in [-0.15, -0.1) is 0 Å². The van der Waals surface area contributed by atoms with Crippen LogP contribution in [0.2, 0.25) is 5.02 Å². The van der Waals surface area contributed by atoms with E-state index in [1.807, 2.05) is 51.1 Å². The first-order valence-electron chi connectivity index (χ1n) is 9.55. The minimum absolute atomic E-state index is 0.0364. The van der Waals surface area contributed by atoms with E-state index in [4.69, 9.17) is 11.6 Å². The first-order chi connectivity index (χ1) is 13.2. The number of nitrogens with one attached hydrogen (secondary N) is 1. The van der Waals surface area contributed by atoms with Crippen LogP contribution in [0.3, 0.4) is 0 Å². The molecule has 0 bridgehead atoms. The van der Waals surface area contributed by atoms with Gasteiger partial charge >= 0.3 is 0 Å². The lowest BCUT2D eigenvalue weighted by atomic mass is 9.95. The number of halogens is 2. The van der Waals surface area contributed by atoms with Crippen LogP contribution in [0, 0.1) is 11.2 Å². The normalized spacial score (nSPS) is 15.5. The maximum atomic E-state index is 13.0. The third-order valence-electron chi connectivity index (χ3n) is 4.92. The molecule has 1 amide bonds. The van der Waals surface area contributed by atoms with Gasteiger partial charge < -0.3 is 10.2 Å². The molecule has 1 saturated heterocycles. The second kappa shape index (κ2) is 8.50. The van der Waals surface area contributed by atoms with Gasteiger partial charge in [0.25, 0.3) is 0 Å². The fourth-order valence-electron chi connectivity index (χ4n) is 3.15. The topological polar surface area (TPSA) is 35.6 Å². The molecule has 0 atom stereocenters. The molecule has 6 heteroatoms. The molecule has 0 aromatic heterocycles. The standard InChI is InChI=1S/C22H27ClFN3O/c1-22(2,3)21(28)25-18-8-9-20(19(23)14-18)27-12-10-26(11-13-27)15-16-4-6-17(24)7-5-16/h4-9,14H,10-13,15H2,1-3H3,(H,25,28). The second-order valence-corrected chi connectivity index (χ2v) is 8.67. The van der Waals surface area contributed by atoms with Crippen molar-refractivity contribution in [1.82, 2.24) is 4.90 Å². The van der Waals surface area contributed by atoms with Crippen molar-refractivity contribution in [2.24, 2.45) is 5.41 Å². The summed E-state index contributed by atoms with van der Waals surface area (Å²) < 4.78 is 13.0. The average Bonchev–Trinajstić information content (AvgIpc) is 2.64. The number of rotatable bonds is 4. The van der Waals surface area contributed by atoms with Crippen molar-refractivity contribution in [1.29, 1.82) is 0 Å². The first-order valence-corrected chi connectivity index (χ1v) is 9.93. The van der Waals surface area contributed by atoms with Crippen LogP contribution in [0.15, 0.2) is 42.5 Å². The second-order valence-electron chi connectivity index (χ2n) is 8.26. The molecule has 0 unspecified atom stereocenters. The Morgan fingerprint density at radius 3 is 2.29 bits per heavy atom. The van der Waals surface area contributed by atoms with Crippen molar-refractivity contribution in [2.45, 2.75) is 27.3 Å². The van der Waals surface area contributed by atoms with Gasteiger partial charge in [-0.3, -0.25) is 9.69 Å². The summed E-state index contributed by atoms with van der Waals surface area (Å²) in [4.78, 5) is 16.8. The Morgan fingerprint density at radius 2 is 1.71 bits per heavy atom. The minimum Gasteiger partial charge on any atom is -0.368 e. The number of carbonyl (C=O) groups excluding carboxylic acids is 1. The van der Waals surface area contributed by atoms with Crippen molar-refractivity contribution in [2.75, 3.05) is 36.4 Å². The van der Waals surface area contributed by atoms with E-state index in [0.717, 1.165) is 44.0 Å². The van der Waals surface area contributed by atoms with Crippen LogP contribution < -0.4 is 10.2 Å². The number of hydrogen-bond acceptors (Lipinski definition) is 3. The molecule has 1 fully saturated rings. The quantitative estimate of drug-likeness (QED) is 0.797. The molecule has 1 heterocycles. The van der Waals surface area contributed by atoms with Crippen LogP contribution in [0.25, 0.3) is 0 Å². The Labute approximate surface area is 171 Å². The third kappa shape index (κ3) is 5.24. The van der Waals surface area contributed by atoms with Crippen LogP contribution in [-0.2, 0) is 11.3 Å². The molecule has 1 aliphatic rings. The molecular weight excluding hydrogens is 377 g/mol. The lowest BCUT2D eigenvalue weighted by molar-refractivity contribution is -0.123. The summed E-state index contributed by atoms with van der Waals surface area (Å²) >= 11 is 6.50. The van der Waals surface area contributed by atoms with Crippen molar-refractivity contribution in [3.8, 4) is 0 Å². The summed E-state index contributed by atoms with van der Waals surface area (Å²) in [6.07, 6.45) is 0. The van der Waals surface area contributed by atoms with E-state index in [-0.39, 0.29) is 11.7 Å². The molecule has 1 N–H and O–H groups in total. The van der Waals surface area contributed by atoms with Crippen LogP contribution in [0.4, 0.5) is 15.8 Å². The molecule has 0 saturated carbocycles. The van der Waals surface area contributed by atoms with Crippen LogP contribution in [0.5, 0.6) is 0 Å². The number of nitrogens with zero attached hydrogens (tertiary/aromatic N) is 2. The molecule has 0 aliphatic carbocycles. The van der Waals surface area contributed by atoms with E-state index in [0.29, 0.717) is 10.7 Å². The number of carbonyl (C=O) groups is 1. The summed E-state index contributed by atoms with van der Waals surface area (Å²) in [6, 6.07) is 12.4. The Bertz CT molecular complexity index is 825. The summed E-state index contributed by atoms with van der Waals surface area (Å²) in [6.45, 7) is 10.0. The zero-order valence-corrected chi connectivity index (χ0v) is 17.4. The molecule has 0 spiro atoms. The predicted octanol–water partition coefficient (Wildman–Crippen LogP) is 4.79. The van der Waals surface area contributed by atoms with E-state index in [1.165, 1.54) is 12.1 Å². The number of anilines is 2. The van der Waals surface area contributed by atoms with Gasteiger partial charge in [-0.05, 0) is 35.9 Å². The van der Waals surface area contributed by atoms with Crippen LogP contribution in [0.1, 0.15) is 26.3 Å². The van der Waals surface area contributed by atoms with Crippen LogP contribution in [-0.4, -0.2) is 37.0 Å². The van der Waals surface area contributed by atoms with E-state index in [2.05, 4.69) is 15.1 Å². The Hall–Kier alpha value is -2.11. The highest BCUT2D eigenvalue weighted by Crippen LogP contribution is 2.30. The zero-order valence-electron chi connectivity index (χ0n) is 16.6. The summed E-state index contributed by atoms with van der Waals surface area (Å²) in [7, 11) is 0. The van der Waals surface area contributed by atoms with E-state index < -0.39 is 5.41 Å². The summed E-state index contributed by atoms with van der Waals surface area (Å²) in [5.74, 6) is -0.240. The van der Waals surface area contributed by atoms with Crippen molar-refractivity contribution in [3.63, 3.8) is 0 Å². The smallest absolute Gasteiger partial charge is 0.229 e. The lowest BCUT2D eigenvalue weighted by Gasteiger charge is -2.36. The predicted molar refractivity (Wildman–Crippen MR) is 113 cm³/mol. The Morgan fingerprint density at radius 1 is 1.07 bits per heavy atom. The molecule has 28 heavy (non-hydrogen) atoms. The largest absolute Gasteiger partial charge is 0.368 e. The molecule has 3 rings (SSSR count). The van der Waals surface area contributed by atoms with Crippen molar-refractivity contribution in [3.05, 3.63) is 58.9 Å². The maximum Gasteiger partial charge on any atom is 0.229 e. The molecule has 2 aromatic rings. The van der Waals surface area contributed by atoms with Gasteiger partial charge in [0, 0.05) is 43.8 Å². The monoisotopic (exact) mass is 403 g/mol. The zero-order chi connectivity index (χ0) is 20.3. The fourth-order valence-corrected chi connectivity index (χ4v) is 3.45. The minimum atomic E-state index is -0.452. The Balaban J connectivity index is 1.58. The number of amides is 1. The van der Waals surface area contributed by atoms with Gasteiger partial charge in [-0.2, -0.15) is 0 Å². The number of piperazine rings is 1. The summed E-state index contributed by atoms with van der Waals surface area (Å²) in [5, 5.41) is 3.55. The number of benzene rings is 2. The van der Waals surface area contributed by atoms with Gasteiger partial charge in [0.15, 0.2) is 0 Å². The maximum absolute atomic E-state index is 13.0. The van der Waals surface area contributed by atoms with Crippen LogP contribution >= 0.6 is 11.6 Å². The highest BCUT2D eigenvalue weighted by atomic mass is 35.5.